The van der Waals surface area contributed by atoms with E-state index in [9.17, 15) is 4.79 Å². The van der Waals surface area contributed by atoms with Crippen molar-refractivity contribution in [3.63, 3.8) is 0 Å². The van der Waals surface area contributed by atoms with Gasteiger partial charge in [0.05, 0.1) is 6.04 Å². The number of nitrogens with zero attached hydrogens (tertiary/aromatic N) is 2. The highest BCUT2D eigenvalue weighted by molar-refractivity contribution is 5.84. The van der Waals surface area contributed by atoms with E-state index < -0.39 is 0 Å². The van der Waals surface area contributed by atoms with E-state index in [1.165, 1.54) is 54.6 Å². The molecule has 1 aromatic rings. The zero-order valence-electron chi connectivity index (χ0n) is 22.0. The zero-order valence-corrected chi connectivity index (χ0v) is 22.0. The molecule has 1 heterocycles. The average Bonchev–Trinajstić information content (AvgIpc) is 3.15. The second-order valence-corrected chi connectivity index (χ2v) is 12.6. The second-order valence-electron chi connectivity index (χ2n) is 12.6. The summed E-state index contributed by atoms with van der Waals surface area (Å²) < 4.78 is 0. The normalized spacial score (nSPS) is 25.6. The fraction of sp³-hybridized carbons (Fsp3) is 0.700. The van der Waals surface area contributed by atoms with Crippen LogP contribution < -0.4 is 0 Å². The number of fused-ring (bicyclic) bond motifs is 2. The molecule has 3 aliphatic rings. The minimum atomic E-state index is 0.230. The standard InChI is InChI=1S/C30H46N2O/c1-21(2)28-27-19-24-9-7-8-10-25(24)26(27)15-17-32(28)29(33)23-13-11-22(12-14-23)20-31(6)18-16-30(3,4)5/h7-10,21-23,28H,11-20H2,1-6H3. The first-order chi connectivity index (χ1) is 15.6. The van der Waals surface area contributed by atoms with Crippen LogP contribution in [0.2, 0.25) is 0 Å². The Kier molecular flexibility index (Phi) is 7.38. The van der Waals surface area contributed by atoms with Gasteiger partial charge in [-0.15, -0.1) is 0 Å². The van der Waals surface area contributed by atoms with Crippen LogP contribution in [0.15, 0.2) is 29.8 Å². The fourth-order valence-electron chi connectivity index (χ4n) is 6.49. The molecule has 2 aliphatic carbocycles. The van der Waals surface area contributed by atoms with E-state index in [1.54, 1.807) is 0 Å². The van der Waals surface area contributed by atoms with Crippen LogP contribution >= 0.6 is 0 Å². The lowest BCUT2D eigenvalue weighted by Crippen LogP contribution is -2.50. The Labute approximate surface area is 202 Å². The van der Waals surface area contributed by atoms with Crippen molar-refractivity contribution < 1.29 is 4.79 Å². The van der Waals surface area contributed by atoms with Crippen LogP contribution in [0.4, 0.5) is 0 Å². The molecule has 33 heavy (non-hydrogen) atoms. The quantitative estimate of drug-likeness (QED) is 0.499. The minimum absolute atomic E-state index is 0.230. The van der Waals surface area contributed by atoms with Gasteiger partial charge in [0.25, 0.3) is 0 Å². The van der Waals surface area contributed by atoms with Crippen LogP contribution in [0.25, 0.3) is 5.57 Å². The van der Waals surface area contributed by atoms with Gasteiger partial charge in [0.2, 0.25) is 5.91 Å². The Hall–Kier alpha value is -1.61. The molecule has 182 valence electrons. The van der Waals surface area contributed by atoms with E-state index in [4.69, 9.17) is 0 Å². The Balaban J connectivity index is 1.35. The first kappa shape index (κ1) is 24.5. The fourth-order valence-corrected chi connectivity index (χ4v) is 6.49. The SMILES string of the molecule is CC(C)C1C2=C(CCN1C(=O)C1CCC(CN(C)CCC(C)(C)C)CC1)c1ccccc1C2. The van der Waals surface area contributed by atoms with Gasteiger partial charge in [0.1, 0.15) is 0 Å². The molecule has 0 saturated heterocycles. The van der Waals surface area contributed by atoms with Gasteiger partial charge in [-0.25, -0.2) is 0 Å². The van der Waals surface area contributed by atoms with Gasteiger partial charge >= 0.3 is 0 Å². The molecule has 1 aromatic carbocycles. The third kappa shape index (κ3) is 5.56. The lowest BCUT2D eigenvalue weighted by molar-refractivity contribution is -0.139. The molecule has 1 amide bonds. The van der Waals surface area contributed by atoms with Crippen molar-refractivity contribution in [3.05, 3.63) is 41.0 Å². The van der Waals surface area contributed by atoms with E-state index in [0.717, 1.165) is 38.1 Å². The third-order valence-electron chi connectivity index (χ3n) is 8.33. The maximum absolute atomic E-state index is 13.8. The predicted molar refractivity (Wildman–Crippen MR) is 139 cm³/mol. The first-order valence-electron chi connectivity index (χ1n) is 13.4. The van der Waals surface area contributed by atoms with Gasteiger partial charge in [0.15, 0.2) is 0 Å². The van der Waals surface area contributed by atoms with E-state index in [1.807, 2.05) is 0 Å². The van der Waals surface area contributed by atoms with E-state index in [0.29, 0.717) is 17.2 Å². The molecule has 0 radical (unpaired) electrons. The third-order valence-corrected chi connectivity index (χ3v) is 8.33. The van der Waals surface area contributed by atoms with Crippen LogP contribution in [0.3, 0.4) is 0 Å². The van der Waals surface area contributed by atoms with Crippen molar-refractivity contribution in [1.29, 1.82) is 0 Å². The van der Waals surface area contributed by atoms with Gasteiger partial charge in [-0.05, 0) is 98.1 Å². The minimum Gasteiger partial charge on any atom is -0.335 e. The molecular formula is C30H46N2O. The maximum Gasteiger partial charge on any atom is 0.226 e. The Morgan fingerprint density at radius 1 is 1.12 bits per heavy atom. The highest BCUT2D eigenvalue weighted by Gasteiger charge is 2.40. The summed E-state index contributed by atoms with van der Waals surface area (Å²) in [6, 6.07) is 9.15. The number of hydrogen-bond donors (Lipinski definition) is 0. The zero-order chi connectivity index (χ0) is 23.8. The van der Waals surface area contributed by atoms with Crippen LogP contribution in [-0.4, -0.2) is 48.4 Å². The highest BCUT2D eigenvalue weighted by atomic mass is 16.2. The van der Waals surface area contributed by atoms with E-state index in [2.05, 4.69) is 75.7 Å². The predicted octanol–water partition coefficient (Wildman–Crippen LogP) is 6.43. The summed E-state index contributed by atoms with van der Waals surface area (Å²) in [7, 11) is 2.27. The molecule has 0 N–H and O–H groups in total. The molecular weight excluding hydrogens is 404 g/mol. The van der Waals surface area contributed by atoms with Crippen molar-refractivity contribution >= 4 is 11.5 Å². The summed E-state index contributed by atoms with van der Waals surface area (Å²) in [4.78, 5) is 18.6. The Morgan fingerprint density at radius 3 is 2.48 bits per heavy atom. The van der Waals surface area contributed by atoms with Crippen molar-refractivity contribution in [2.24, 2.45) is 23.2 Å². The lowest BCUT2D eigenvalue weighted by Gasteiger charge is -2.42. The highest BCUT2D eigenvalue weighted by Crippen LogP contribution is 2.43. The van der Waals surface area contributed by atoms with Crippen molar-refractivity contribution in [1.82, 2.24) is 9.80 Å². The van der Waals surface area contributed by atoms with Gasteiger partial charge in [-0.3, -0.25) is 4.79 Å². The number of carbonyl (C=O) groups is 1. The van der Waals surface area contributed by atoms with Crippen LogP contribution in [-0.2, 0) is 11.2 Å². The molecule has 3 heteroatoms. The summed E-state index contributed by atoms with van der Waals surface area (Å²) in [5.41, 5.74) is 6.37. The summed E-state index contributed by atoms with van der Waals surface area (Å²) >= 11 is 0. The van der Waals surface area contributed by atoms with Crippen LogP contribution in [0, 0.1) is 23.2 Å². The number of benzene rings is 1. The van der Waals surface area contributed by atoms with E-state index in [-0.39, 0.29) is 12.0 Å². The summed E-state index contributed by atoms with van der Waals surface area (Å²) in [6.07, 6.45) is 7.85. The smallest absolute Gasteiger partial charge is 0.226 e. The van der Waals surface area contributed by atoms with Gasteiger partial charge in [-0.2, -0.15) is 0 Å². The van der Waals surface area contributed by atoms with Crippen LogP contribution in [0.5, 0.6) is 0 Å². The number of hydrogen-bond acceptors (Lipinski definition) is 2. The number of carbonyl (C=O) groups excluding carboxylic acids is 1. The monoisotopic (exact) mass is 450 g/mol. The summed E-state index contributed by atoms with van der Waals surface area (Å²) in [6.45, 7) is 14.8. The number of rotatable bonds is 6. The van der Waals surface area contributed by atoms with Crippen molar-refractivity contribution in [2.75, 3.05) is 26.7 Å². The molecule has 0 bridgehead atoms. The summed E-state index contributed by atoms with van der Waals surface area (Å²) in [5, 5.41) is 0. The maximum atomic E-state index is 13.8. The van der Waals surface area contributed by atoms with Crippen molar-refractivity contribution in [2.45, 2.75) is 85.6 Å². The molecule has 1 fully saturated rings. The number of amides is 1. The lowest BCUT2D eigenvalue weighted by atomic mass is 9.79. The Morgan fingerprint density at radius 2 is 1.82 bits per heavy atom. The topological polar surface area (TPSA) is 23.6 Å². The molecule has 4 rings (SSSR count). The largest absolute Gasteiger partial charge is 0.335 e. The van der Waals surface area contributed by atoms with Gasteiger partial charge < -0.3 is 9.80 Å². The molecule has 1 aliphatic heterocycles. The molecule has 0 spiro atoms. The molecule has 1 saturated carbocycles. The molecule has 0 aromatic heterocycles. The van der Waals surface area contributed by atoms with E-state index >= 15 is 0 Å². The second kappa shape index (κ2) is 9.94. The van der Waals surface area contributed by atoms with Crippen LogP contribution in [0.1, 0.15) is 84.3 Å². The molecule has 3 nitrogen and oxygen atoms in total. The van der Waals surface area contributed by atoms with Gasteiger partial charge in [0, 0.05) is 19.0 Å². The Bertz CT molecular complexity index is 870. The summed E-state index contributed by atoms with van der Waals surface area (Å²) in [5.74, 6) is 1.88. The van der Waals surface area contributed by atoms with Crippen molar-refractivity contribution in [3.8, 4) is 0 Å². The first-order valence-corrected chi connectivity index (χ1v) is 13.4. The van der Waals surface area contributed by atoms with Gasteiger partial charge in [-0.1, -0.05) is 58.9 Å². The molecule has 1 atom stereocenters. The average molecular weight is 451 g/mol. The molecule has 1 unspecified atom stereocenters.